The summed E-state index contributed by atoms with van der Waals surface area (Å²) < 4.78 is 27.9. The van der Waals surface area contributed by atoms with Crippen LogP contribution in [0.25, 0.3) is 0 Å². The van der Waals surface area contributed by atoms with Gasteiger partial charge in [-0.05, 0) is 44.0 Å². The van der Waals surface area contributed by atoms with E-state index in [0.29, 0.717) is 5.69 Å². The number of anilines is 1. The Bertz CT molecular complexity index is 944. The van der Waals surface area contributed by atoms with Gasteiger partial charge in [0.25, 0.3) is 0 Å². The number of hydrogen-bond acceptors (Lipinski definition) is 5. The molecule has 0 spiro atoms. The van der Waals surface area contributed by atoms with Crippen LogP contribution in [-0.2, 0) is 14.8 Å². The number of hydrogen-bond donors (Lipinski definition) is 2. The molecule has 7 nitrogen and oxygen atoms in total. The van der Waals surface area contributed by atoms with Crippen LogP contribution in [0.15, 0.2) is 53.6 Å². The highest BCUT2D eigenvalue weighted by atomic mass is 32.2. The van der Waals surface area contributed by atoms with E-state index in [2.05, 4.69) is 15.6 Å². The molecule has 0 aliphatic heterocycles. The van der Waals surface area contributed by atoms with Gasteiger partial charge in [-0.1, -0.05) is 37.5 Å². The number of sulfonamides is 1. The Labute approximate surface area is 178 Å². The van der Waals surface area contributed by atoms with Crippen LogP contribution >= 0.6 is 0 Å². The Morgan fingerprint density at radius 1 is 1.13 bits per heavy atom. The first kappa shape index (κ1) is 22.4. The first-order valence-corrected chi connectivity index (χ1v) is 11.8. The Morgan fingerprint density at radius 3 is 2.53 bits per heavy atom. The lowest BCUT2D eigenvalue weighted by Gasteiger charge is -2.30. The monoisotopic (exact) mass is 430 g/mol. The third-order valence-corrected chi connectivity index (χ3v) is 7.58. The Morgan fingerprint density at radius 2 is 1.83 bits per heavy atom. The van der Waals surface area contributed by atoms with Gasteiger partial charge in [-0.25, -0.2) is 8.42 Å². The molecule has 1 aliphatic carbocycles. The van der Waals surface area contributed by atoms with E-state index in [1.54, 1.807) is 37.5 Å². The molecule has 1 amide bonds. The Hall–Kier alpha value is -2.29. The number of carbonyl (C=O) groups is 1. The predicted octanol–water partition coefficient (Wildman–Crippen LogP) is 3.32. The lowest BCUT2D eigenvalue weighted by atomic mass is 9.96. The summed E-state index contributed by atoms with van der Waals surface area (Å²) in [7, 11) is -2.06. The van der Waals surface area contributed by atoms with Crippen LogP contribution in [0, 0.1) is 0 Å². The number of nitrogens with zero attached hydrogens (tertiary/aromatic N) is 2. The average Bonchev–Trinajstić information content (AvgIpc) is 2.78. The first-order chi connectivity index (χ1) is 14.4. The molecule has 162 valence electrons. The molecule has 2 N–H and O–H groups in total. The second kappa shape index (κ2) is 10.1. The number of para-hydroxylation sites is 1. The van der Waals surface area contributed by atoms with Crippen LogP contribution in [-0.4, -0.2) is 43.2 Å². The van der Waals surface area contributed by atoms with Gasteiger partial charge in [0.1, 0.15) is 4.90 Å². The zero-order valence-corrected chi connectivity index (χ0v) is 18.4. The Kier molecular flexibility index (Phi) is 7.58. The quantitative estimate of drug-likeness (QED) is 0.670. The minimum atomic E-state index is -3.70. The van der Waals surface area contributed by atoms with E-state index in [-0.39, 0.29) is 29.4 Å². The fourth-order valence-electron chi connectivity index (χ4n) is 3.77. The maximum Gasteiger partial charge on any atom is 0.245 e. The van der Waals surface area contributed by atoms with Gasteiger partial charge < -0.3 is 10.6 Å². The third-order valence-electron chi connectivity index (χ3n) is 5.61. The Balaban J connectivity index is 1.67. The van der Waals surface area contributed by atoms with E-state index in [1.807, 2.05) is 25.1 Å². The summed E-state index contributed by atoms with van der Waals surface area (Å²) in [6, 6.07) is 12.1. The molecular weight excluding hydrogens is 400 g/mol. The van der Waals surface area contributed by atoms with Crippen LogP contribution in [0.5, 0.6) is 0 Å². The number of rotatable bonds is 8. The van der Waals surface area contributed by atoms with Crippen molar-refractivity contribution in [2.75, 3.05) is 18.9 Å². The van der Waals surface area contributed by atoms with Crippen LogP contribution in [0.4, 0.5) is 5.69 Å². The zero-order valence-electron chi connectivity index (χ0n) is 17.5. The summed E-state index contributed by atoms with van der Waals surface area (Å²) in [5.41, 5.74) is 1.14. The number of pyridine rings is 1. The molecule has 0 radical (unpaired) electrons. The van der Waals surface area contributed by atoms with Crippen LogP contribution in [0.3, 0.4) is 0 Å². The lowest BCUT2D eigenvalue weighted by Crippen LogP contribution is -2.38. The molecule has 1 fully saturated rings. The van der Waals surface area contributed by atoms with Crippen molar-refractivity contribution < 1.29 is 13.2 Å². The van der Waals surface area contributed by atoms with Crippen molar-refractivity contribution in [1.82, 2.24) is 14.6 Å². The molecule has 0 bridgehead atoms. The van der Waals surface area contributed by atoms with Gasteiger partial charge in [-0.15, -0.1) is 0 Å². The van der Waals surface area contributed by atoms with Gasteiger partial charge in [0.2, 0.25) is 15.9 Å². The maximum absolute atomic E-state index is 13.2. The molecule has 8 heteroatoms. The van der Waals surface area contributed by atoms with Crippen molar-refractivity contribution in [3.63, 3.8) is 0 Å². The lowest BCUT2D eigenvalue weighted by molar-refractivity contribution is -0.115. The molecule has 1 unspecified atom stereocenters. The van der Waals surface area contributed by atoms with E-state index in [1.165, 1.54) is 4.31 Å². The van der Waals surface area contributed by atoms with Crippen molar-refractivity contribution in [2.24, 2.45) is 0 Å². The van der Waals surface area contributed by atoms with Crippen molar-refractivity contribution in [2.45, 2.75) is 56.0 Å². The molecule has 1 aromatic heterocycles. The molecule has 30 heavy (non-hydrogen) atoms. The topological polar surface area (TPSA) is 91.4 Å². The normalized spacial score (nSPS) is 16.4. The van der Waals surface area contributed by atoms with E-state index in [9.17, 15) is 13.2 Å². The molecule has 1 heterocycles. The summed E-state index contributed by atoms with van der Waals surface area (Å²) in [6.45, 7) is 1.97. The van der Waals surface area contributed by atoms with Crippen molar-refractivity contribution in [1.29, 1.82) is 0 Å². The molecule has 1 aromatic carbocycles. The highest BCUT2D eigenvalue weighted by molar-refractivity contribution is 7.89. The predicted molar refractivity (Wildman–Crippen MR) is 118 cm³/mol. The fourth-order valence-corrected chi connectivity index (χ4v) is 5.33. The molecule has 0 saturated heterocycles. The largest absolute Gasteiger partial charge is 0.324 e. The highest BCUT2D eigenvalue weighted by Crippen LogP contribution is 2.29. The summed E-state index contributed by atoms with van der Waals surface area (Å²) in [6.07, 6.45) is 6.70. The third kappa shape index (κ3) is 5.44. The van der Waals surface area contributed by atoms with Gasteiger partial charge in [0.15, 0.2) is 0 Å². The molecular formula is C22H30N4O3S. The van der Waals surface area contributed by atoms with Crippen molar-refractivity contribution in [3.05, 3.63) is 54.4 Å². The SMILES string of the molecule is CC(NCC(=O)Nc1ccccc1S(=O)(=O)N(C)C1CCCCC1)c1ccccn1. The van der Waals surface area contributed by atoms with E-state index in [0.717, 1.165) is 37.8 Å². The smallest absolute Gasteiger partial charge is 0.245 e. The number of carbonyl (C=O) groups excluding carboxylic acids is 1. The number of aromatic nitrogens is 1. The van der Waals surface area contributed by atoms with E-state index >= 15 is 0 Å². The average molecular weight is 431 g/mol. The van der Waals surface area contributed by atoms with Crippen LogP contribution in [0.1, 0.15) is 50.8 Å². The molecule has 1 saturated carbocycles. The van der Waals surface area contributed by atoms with Gasteiger partial charge in [-0.2, -0.15) is 4.31 Å². The van der Waals surface area contributed by atoms with Gasteiger partial charge >= 0.3 is 0 Å². The van der Waals surface area contributed by atoms with Gasteiger partial charge in [-0.3, -0.25) is 9.78 Å². The van der Waals surface area contributed by atoms with Crippen molar-refractivity contribution >= 4 is 21.6 Å². The van der Waals surface area contributed by atoms with E-state index < -0.39 is 10.0 Å². The summed E-state index contributed by atoms with van der Waals surface area (Å²) in [5.74, 6) is -0.305. The molecule has 2 aromatic rings. The second-order valence-electron chi connectivity index (χ2n) is 7.71. The van der Waals surface area contributed by atoms with Crippen LogP contribution in [0.2, 0.25) is 0 Å². The highest BCUT2D eigenvalue weighted by Gasteiger charge is 2.31. The van der Waals surface area contributed by atoms with Crippen molar-refractivity contribution in [3.8, 4) is 0 Å². The summed E-state index contributed by atoms with van der Waals surface area (Å²) in [4.78, 5) is 16.9. The summed E-state index contributed by atoms with van der Waals surface area (Å²) >= 11 is 0. The van der Waals surface area contributed by atoms with Gasteiger partial charge in [0, 0.05) is 25.3 Å². The van der Waals surface area contributed by atoms with E-state index in [4.69, 9.17) is 0 Å². The number of nitrogens with one attached hydrogen (secondary N) is 2. The second-order valence-corrected chi connectivity index (χ2v) is 9.68. The minimum Gasteiger partial charge on any atom is -0.324 e. The van der Waals surface area contributed by atoms with Gasteiger partial charge in [0.05, 0.1) is 17.9 Å². The number of amides is 1. The minimum absolute atomic E-state index is 0.00777. The summed E-state index contributed by atoms with van der Waals surface area (Å²) in [5, 5.41) is 5.87. The molecule has 1 atom stereocenters. The maximum atomic E-state index is 13.2. The van der Waals surface area contributed by atoms with Crippen LogP contribution < -0.4 is 10.6 Å². The first-order valence-electron chi connectivity index (χ1n) is 10.4. The molecule has 3 rings (SSSR count). The number of benzene rings is 1. The standard InChI is InChI=1S/C22H30N4O3S/c1-17(19-12-8-9-15-23-19)24-16-22(27)25-20-13-6-7-14-21(20)30(28,29)26(2)18-10-4-3-5-11-18/h6-9,12-15,17-18,24H,3-5,10-11,16H2,1-2H3,(H,25,27). The molecule has 1 aliphatic rings. The zero-order chi connectivity index (χ0) is 21.6. The fraction of sp³-hybridized carbons (Fsp3) is 0.455.